The molecule has 0 aromatic heterocycles. The Morgan fingerprint density at radius 3 is 1.87 bits per heavy atom. The van der Waals surface area contributed by atoms with E-state index in [0.29, 0.717) is 13.1 Å². The van der Waals surface area contributed by atoms with E-state index >= 15 is 0 Å². The molecule has 0 bridgehead atoms. The molecule has 10 nitrogen and oxygen atoms in total. The summed E-state index contributed by atoms with van der Waals surface area (Å²) in [6.07, 6.45) is 0. The van der Waals surface area contributed by atoms with Gasteiger partial charge in [-0.3, -0.25) is 19.8 Å². The number of non-ortho nitro benzene ring substituents is 1. The summed E-state index contributed by atoms with van der Waals surface area (Å²) >= 11 is 0. The number of carbonyl (C=O) groups excluding carboxylic acids is 1. The normalized spacial score (nSPS) is 13.7. The lowest BCUT2D eigenvalue weighted by Crippen LogP contribution is -2.48. The topological polar surface area (TPSA) is 141 Å². The second-order valence-electron chi connectivity index (χ2n) is 6.47. The Labute approximate surface area is 172 Å². The van der Waals surface area contributed by atoms with Gasteiger partial charge in [-0.05, 0) is 17.7 Å². The van der Waals surface area contributed by atoms with E-state index in [-0.39, 0.29) is 11.6 Å². The van der Waals surface area contributed by atoms with Gasteiger partial charge in [0.15, 0.2) is 0 Å². The maximum absolute atomic E-state index is 12.4. The van der Waals surface area contributed by atoms with Gasteiger partial charge in [-0.25, -0.2) is 9.59 Å². The van der Waals surface area contributed by atoms with Crippen LogP contribution in [0, 0.1) is 10.1 Å². The number of piperazine rings is 1. The lowest BCUT2D eigenvalue weighted by Gasteiger charge is -2.34. The minimum atomic E-state index is -1.82. The van der Waals surface area contributed by atoms with E-state index in [1.54, 1.807) is 12.1 Å². The Balaban J connectivity index is 0.000000469. The van der Waals surface area contributed by atoms with E-state index in [2.05, 4.69) is 4.90 Å². The molecule has 0 radical (unpaired) electrons. The highest BCUT2D eigenvalue weighted by atomic mass is 16.6. The average molecular weight is 415 g/mol. The fraction of sp³-hybridized carbons (Fsp3) is 0.250. The molecule has 1 fully saturated rings. The van der Waals surface area contributed by atoms with Gasteiger partial charge in [0, 0.05) is 50.4 Å². The van der Waals surface area contributed by atoms with Crippen molar-refractivity contribution in [3.8, 4) is 0 Å². The summed E-state index contributed by atoms with van der Waals surface area (Å²) in [6.45, 7) is 3.73. The standard InChI is InChI=1S/C18H19N3O3.C2H2O4/c22-18(16-4-2-1-3-5-16)20-12-10-19(11-13-20)14-15-6-8-17(9-7-15)21(23)24;3-1(4)2(5)6/h1-9H,10-14H2;(H,3,4)(H,5,6). The third-order valence-electron chi connectivity index (χ3n) is 4.42. The third-order valence-corrected chi connectivity index (χ3v) is 4.42. The molecule has 10 heteroatoms. The summed E-state index contributed by atoms with van der Waals surface area (Å²) < 4.78 is 0. The summed E-state index contributed by atoms with van der Waals surface area (Å²) in [5.74, 6) is -3.57. The molecule has 30 heavy (non-hydrogen) atoms. The largest absolute Gasteiger partial charge is 0.473 e. The van der Waals surface area contributed by atoms with Crippen molar-refractivity contribution in [1.82, 2.24) is 9.80 Å². The van der Waals surface area contributed by atoms with Crippen molar-refractivity contribution in [2.75, 3.05) is 26.2 Å². The molecule has 1 aliphatic rings. The number of hydrogen-bond donors (Lipinski definition) is 2. The zero-order chi connectivity index (χ0) is 22.1. The molecule has 1 heterocycles. The minimum Gasteiger partial charge on any atom is -0.473 e. The minimum absolute atomic E-state index is 0.0746. The van der Waals surface area contributed by atoms with Gasteiger partial charge in [-0.1, -0.05) is 30.3 Å². The number of carboxylic acids is 2. The zero-order valence-corrected chi connectivity index (χ0v) is 16.0. The molecule has 2 aromatic rings. The van der Waals surface area contributed by atoms with Gasteiger partial charge in [0.25, 0.3) is 11.6 Å². The van der Waals surface area contributed by atoms with Crippen LogP contribution in [0.1, 0.15) is 15.9 Å². The molecule has 1 aliphatic heterocycles. The predicted octanol–water partition coefficient (Wildman–Crippen LogP) is 1.71. The highest BCUT2D eigenvalue weighted by Gasteiger charge is 2.22. The molecule has 2 aromatic carbocycles. The van der Waals surface area contributed by atoms with Crippen LogP contribution in [-0.4, -0.2) is 69.0 Å². The molecule has 0 spiro atoms. The highest BCUT2D eigenvalue weighted by Crippen LogP contribution is 2.15. The summed E-state index contributed by atoms with van der Waals surface area (Å²) in [5, 5.41) is 25.5. The molecule has 0 aliphatic carbocycles. The van der Waals surface area contributed by atoms with Gasteiger partial charge in [0.2, 0.25) is 0 Å². The number of nitro groups is 1. The van der Waals surface area contributed by atoms with Crippen molar-refractivity contribution in [2.24, 2.45) is 0 Å². The first-order chi connectivity index (χ1) is 14.3. The van der Waals surface area contributed by atoms with Crippen molar-refractivity contribution < 1.29 is 29.5 Å². The van der Waals surface area contributed by atoms with Crippen LogP contribution in [0.3, 0.4) is 0 Å². The summed E-state index contributed by atoms with van der Waals surface area (Å²) in [7, 11) is 0. The SMILES string of the molecule is O=C(O)C(=O)O.O=C(c1ccccc1)N1CCN(Cc2ccc([N+](=O)[O-])cc2)CC1. The zero-order valence-electron chi connectivity index (χ0n) is 16.0. The van der Waals surface area contributed by atoms with Gasteiger partial charge >= 0.3 is 11.9 Å². The lowest BCUT2D eigenvalue weighted by molar-refractivity contribution is -0.384. The van der Waals surface area contributed by atoms with Gasteiger partial charge in [0.1, 0.15) is 0 Å². The first-order valence-electron chi connectivity index (χ1n) is 9.04. The molecule has 0 atom stereocenters. The highest BCUT2D eigenvalue weighted by molar-refractivity contribution is 6.27. The molecular formula is C20H21N3O7. The second kappa shape index (κ2) is 10.7. The van der Waals surface area contributed by atoms with Crippen molar-refractivity contribution in [2.45, 2.75) is 6.54 Å². The van der Waals surface area contributed by atoms with Gasteiger partial charge in [-0.15, -0.1) is 0 Å². The van der Waals surface area contributed by atoms with Crippen LogP contribution >= 0.6 is 0 Å². The molecule has 0 unspecified atom stereocenters. The Morgan fingerprint density at radius 1 is 0.867 bits per heavy atom. The molecule has 158 valence electrons. The predicted molar refractivity (Wildman–Crippen MR) is 106 cm³/mol. The Morgan fingerprint density at radius 2 is 1.40 bits per heavy atom. The number of hydrogen-bond acceptors (Lipinski definition) is 6. The molecule has 1 saturated heterocycles. The second-order valence-corrected chi connectivity index (χ2v) is 6.47. The first kappa shape index (κ1) is 22.5. The fourth-order valence-electron chi connectivity index (χ4n) is 2.85. The Bertz CT molecular complexity index is 880. The summed E-state index contributed by atoms with van der Waals surface area (Å²) in [5.41, 5.74) is 1.88. The van der Waals surface area contributed by atoms with E-state index in [4.69, 9.17) is 19.8 Å². The Kier molecular flexibility index (Phi) is 8.00. The van der Waals surface area contributed by atoms with Gasteiger partial charge < -0.3 is 15.1 Å². The van der Waals surface area contributed by atoms with Crippen LogP contribution in [0.5, 0.6) is 0 Å². The molecule has 2 N–H and O–H groups in total. The molecule has 3 rings (SSSR count). The number of benzene rings is 2. The number of nitro benzene ring substituents is 1. The number of aliphatic carboxylic acids is 2. The van der Waals surface area contributed by atoms with E-state index in [0.717, 1.165) is 30.8 Å². The Hall–Kier alpha value is -3.79. The van der Waals surface area contributed by atoms with Crippen LogP contribution < -0.4 is 0 Å². The van der Waals surface area contributed by atoms with Crippen molar-refractivity contribution in [3.63, 3.8) is 0 Å². The van der Waals surface area contributed by atoms with Crippen LogP contribution in [0.15, 0.2) is 54.6 Å². The van der Waals surface area contributed by atoms with Gasteiger partial charge in [0.05, 0.1) is 4.92 Å². The first-order valence-corrected chi connectivity index (χ1v) is 9.04. The van der Waals surface area contributed by atoms with Crippen LogP contribution in [-0.2, 0) is 16.1 Å². The summed E-state index contributed by atoms with van der Waals surface area (Å²) in [4.78, 5) is 45.0. The van der Waals surface area contributed by atoms with E-state index in [1.807, 2.05) is 35.2 Å². The summed E-state index contributed by atoms with van der Waals surface area (Å²) in [6, 6.07) is 16.0. The number of nitrogens with zero attached hydrogens (tertiary/aromatic N) is 3. The van der Waals surface area contributed by atoms with Gasteiger partial charge in [-0.2, -0.15) is 0 Å². The van der Waals surface area contributed by atoms with Crippen molar-refractivity contribution in [3.05, 3.63) is 75.8 Å². The van der Waals surface area contributed by atoms with Crippen LogP contribution in [0.2, 0.25) is 0 Å². The molecular weight excluding hydrogens is 394 g/mol. The van der Waals surface area contributed by atoms with E-state index < -0.39 is 16.9 Å². The molecule has 0 saturated carbocycles. The lowest BCUT2D eigenvalue weighted by atomic mass is 10.1. The number of amides is 1. The van der Waals surface area contributed by atoms with Crippen molar-refractivity contribution in [1.29, 1.82) is 0 Å². The van der Waals surface area contributed by atoms with Crippen molar-refractivity contribution >= 4 is 23.5 Å². The molecule has 1 amide bonds. The number of rotatable bonds is 4. The fourth-order valence-corrected chi connectivity index (χ4v) is 2.85. The van der Waals surface area contributed by atoms with E-state index in [9.17, 15) is 14.9 Å². The van der Waals surface area contributed by atoms with Crippen LogP contribution in [0.4, 0.5) is 5.69 Å². The maximum Gasteiger partial charge on any atom is 0.414 e. The average Bonchev–Trinajstić information content (AvgIpc) is 2.75. The van der Waals surface area contributed by atoms with Crippen LogP contribution in [0.25, 0.3) is 0 Å². The maximum atomic E-state index is 12.4. The quantitative estimate of drug-likeness (QED) is 0.437. The monoisotopic (exact) mass is 415 g/mol. The number of carbonyl (C=O) groups is 3. The smallest absolute Gasteiger partial charge is 0.414 e. The van der Waals surface area contributed by atoms with E-state index in [1.165, 1.54) is 12.1 Å². The number of carboxylic acid groups (broad SMARTS) is 2. The third kappa shape index (κ3) is 6.67.